The molecule has 9 heteroatoms. The number of halogens is 3. The molecule has 0 radical (unpaired) electrons. The summed E-state index contributed by atoms with van der Waals surface area (Å²) in [4.78, 5) is 31.5. The van der Waals surface area contributed by atoms with Crippen LogP contribution in [0.25, 0.3) is 0 Å². The van der Waals surface area contributed by atoms with Crippen LogP contribution >= 0.6 is 43.9 Å². The molecule has 3 atom stereocenters. The molecular weight excluding hydrogens is 586 g/mol. The number of hydrogen-bond donors (Lipinski definition) is 3. The summed E-state index contributed by atoms with van der Waals surface area (Å²) in [5, 5.41) is 7.66. The molecule has 2 aromatic rings. The molecule has 6 nitrogen and oxygen atoms in total. The fourth-order valence-corrected chi connectivity index (χ4v) is 8.56. The lowest BCUT2D eigenvalue weighted by Gasteiger charge is -2.50. The van der Waals surface area contributed by atoms with Crippen LogP contribution in [0.1, 0.15) is 56.6 Å². The van der Waals surface area contributed by atoms with E-state index in [9.17, 15) is 9.59 Å². The smallest absolute Gasteiger partial charge is 0.237 e. The van der Waals surface area contributed by atoms with Crippen molar-refractivity contribution < 1.29 is 9.59 Å². The first-order valence-corrected chi connectivity index (χ1v) is 14.6. The molecule has 1 aliphatic carbocycles. The SMILES string of the molecule is C=Ic1c([C@H]2[C@H](C(N)=O)NC3(CCC(C)(C)CC3)[C@@]23C(=O)Nc2cc(Cl)ccc23)ccnc1Cl. The Morgan fingerprint density at radius 2 is 1.91 bits per heavy atom. The lowest BCUT2D eigenvalue weighted by atomic mass is 9.53. The van der Waals surface area contributed by atoms with E-state index in [1.807, 2.05) is 18.2 Å². The maximum Gasteiger partial charge on any atom is 0.237 e. The third-order valence-corrected chi connectivity index (χ3v) is 10.8. The number of hydrogen-bond acceptors (Lipinski definition) is 4. The van der Waals surface area contributed by atoms with Gasteiger partial charge in [0.1, 0.15) is 10.6 Å². The summed E-state index contributed by atoms with van der Waals surface area (Å²) in [7, 11) is 0. The van der Waals surface area contributed by atoms with Gasteiger partial charge in [0.2, 0.25) is 11.8 Å². The molecule has 2 aliphatic heterocycles. The number of carbonyl (C=O) groups excluding carboxylic acids is 2. The van der Waals surface area contributed by atoms with Crippen LogP contribution in [-0.4, -0.2) is 32.9 Å². The number of nitrogens with zero attached hydrogens (tertiary/aromatic N) is 1. The van der Waals surface area contributed by atoms with E-state index in [1.165, 1.54) is 0 Å². The van der Waals surface area contributed by atoms with Crippen molar-refractivity contribution in [3.05, 3.63) is 55.3 Å². The topological polar surface area (TPSA) is 97.1 Å². The Hall–Kier alpha value is -1.55. The molecule has 2 fully saturated rings. The summed E-state index contributed by atoms with van der Waals surface area (Å²) in [6.07, 6.45) is 4.95. The van der Waals surface area contributed by atoms with Crippen molar-refractivity contribution in [1.29, 1.82) is 0 Å². The first kappa shape index (κ1) is 24.2. The molecule has 1 aromatic carbocycles. The van der Waals surface area contributed by atoms with Crippen molar-refractivity contribution >= 4 is 65.9 Å². The number of rotatable bonds is 3. The van der Waals surface area contributed by atoms with E-state index in [-0.39, 0.29) is 11.3 Å². The highest BCUT2D eigenvalue weighted by molar-refractivity contribution is 14.2. The summed E-state index contributed by atoms with van der Waals surface area (Å²) < 4.78 is 5.00. The minimum Gasteiger partial charge on any atom is -0.368 e. The maximum absolute atomic E-state index is 14.2. The van der Waals surface area contributed by atoms with E-state index in [0.717, 1.165) is 40.4 Å². The summed E-state index contributed by atoms with van der Waals surface area (Å²) in [5.74, 6) is -1.17. The lowest BCUT2D eigenvalue weighted by Crippen LogP contribution is -2.61. The van der Waals surface area contributed by atoms with Gasteiger partial charge in [-0.1, -0.05) is 68.4 Å². The largest absolute Gasteiger partial charge is 0.368 e. The first-order valence-electron chi connectivity index (χ1n) is 11.3. The Balaban J connectivity index is 1.85. The van der Waals surface area contributed by atoms with E-state index in [1.54, 1.807) is 12.3 Å². The summed E-state index contributed by atoms with van der Waals surface area (Å²) in [5.41, 5.74) is 6.84. The van der Waals surface area contributed by atoms with Gasteiger partial charge in [-0.15, -0.1) is 0 Å². The number of anilines is 1. The number of nitrogens with one attached hydrogen (secondary N) is 2. The van der Waals surface area contributed by atoms with Crippen molar-refractivity contribution in [2.45, 2.75) is 62.4 Å². The number of fused-ring (bicyclic) bond motifs is 3. The van der Waals surface area contributed by atoms with Crippen LogP contribution < -0.4 is 16.4 Å². The van der Waals surface area contributed by atoms with Gasteiger partial charge in [0.25, 0.3) is 0 Å². The zero-order chi connectivity index (χ0) is 24.5. The highest BCUT2D eigenvalue weighted by Gasteiger charge is 2.72. The minimum absolute atomic E-state index is 0.133. The zero-order valence-electron chi connectivity index (χ0n) is 19.1. The molecule has 4 N–H and O–H groups in total. The highest BCUT2D eigenvalue weighted by Crippen LogP contribution is 2.64. The number of benzene rings is 1. The Morgan fingerprint density at radius 1 is 1.21 bits per heavy atom. The predicted molar refractivity (Wildman–Crippen MR) is 145 cm³/mol. The first-order chi connectivity index (χ1) is 16.1. The van der Waals surface area contributed by atoms with Crippen molar-refractivity contribution in [2.24, 2.45) is 11.1 Å². The molecular formula is C25H27Cl2IN4O2. The molecule has 5 rings (SSSR count). The molecule has 1 aromatic heterocycles. The van der Waals surface area contributed by atoms with Crippen LogP contribution in [0.15, 0.2) is 30.5 Å². The average molecular weight is 613 g/mol. The van der Waals surface area contributed by atoms with E-state index in [0.29, 0.717) is 15.9 Å². The number of carbonyl (C=O) groups is 2. The van der Waals surface area contributed by atoms with Gasteiger partial charge in [0.05, 0.1) is 6.04 Å². The molecule has 34 heavy (non-hydrogen) atoms. The molecule has 0 bridgehead atoms. The summed E-state index contributed by atoms with van der Waals surface area (Å²) >= 11 is 12.1. The number of aromatic nitrogens is 1. The maximum atomic E-state index is 14.2. The predicted octanol–water partition coefficient (Wildman–Crippen LogP) is 4.73. The molecule has 180 valence electrons. The Morgan fingerprint density at radius 3 is 2.56 bits per heavy atom. The normalized spacial score (nSPS) is 28.8. The lowest BCUT2D eigenvalue weighted by molar-refractivity contribution is -0.124. The quantitative estimate of drug-likeness (QED) is 0.345. The molecule has 2 spiro atoms. The van der Waals surface area contributed by atoms with Gasteiger partial charge in [-0.3, -0.25) is 14.9 Å². The zero-order valence-corrected chi connectivity index (χ0v) is 22.7. The second-order valence-electron chi connectivity index (χ2n) is 10.3. The Bertz CT molecular complexity index is 1220. The van der Waals surface area contributed by atoms with Gasteiger partial charge in [0, 0.05) is 31.9 Å². The Kier molecular flexibility index (Phi) is 5.86. The fraction of sp³-hybridized carbons (Fsp3) is 0.440. The van der Waals surface area contributed by atoms with Crippen molar-refractivity contribution in [2.75, 3.05) is 5.32 Å². The van der Waals surface area contributed by atoms with E-state index in [4.69, 9.17) is 28.9 Å². The van der Waals surface area contributed by atoms with Gasteiger partial charge >= 0.3 is 0 Å². The molecule has 3 heterocycles. The monoisotopic (exact) mass is 612 g/mol. The van der Waals surface area contributed by atoms with Crippen LogP contribution in [0, 0.1) is 8.99 Å². The van der Waals surface area contributed by atoms with Gasteiger partial charge in [-0.2, -0.15) is 0 Å². The number of nitrogens with two attached hydrogens (primary N) is 1. The van der Waals surface area contributed by atoms with Crippen molar-refractivity contribution in [3.8, 4) is 0 Å². The molecule has 1 saturated carbocycles. The van der Waals surface area contributed by atoms with Crippen molar-refractivity contribution in [3.63, 3.8) is 0 Å². The number of primary amides is 1. The van der Waals surface area contributed by atoms with Crippen LogP contribution in [0.5, 0.6) is 0 Å². The minimum atomic E-state index is -1.05. The third-order valence-electron chi connectivity index (χ3n) is 8.11. The summed E-state index contributed by atoms with van der Waals surface area (Å²) in [6.45, 7) is 4.50. The second-order valence-corrected chi connectivity index (χ2v) is 13.0. The fourth-order valence-electron chi connectivity index (χ4n) is 6.48. The van der Waals surface area contributed by atoms with Crippen molar-refractivity contribution in [1.82, 2.24) is 10.3 Å². The molecule has 2 amide bonds. The van der Waals surface area contributed by atoms with Crippen LogP contribution in [0.2, 0.25) is 10.2 Å². The van der Waals surface area contributed by atoms with E-state index < -0.39 is 49.6 Å². The average Bonchev–Trinajstić information content (AvgIpc) is 3.23. The van der Waals surface area contributed by atoms with Crippen LogP contribution in [-0.2, 0) is 15.0 Å². The third kappa shape index (κ3) is 3.30. The second kappa shape index (κ2) is 8.25. The number of amides is 2. The van der Waals surface area contributed by atoms with Gasteiger partial charge in [-0.05, 0) is 60.4 Å². The van der Waals surface area contributed by atoms with Gasteiger partial charge in [0.15, 0.2) is 0 Å². The Labute approximate surface area is 219 Å². The highest BCUT2D eigenvalue weighted by atomic mass is 127. The van der Waals surface area contributed by atoms with Crippen LogP contribution in [0.3, 0.4) is 0 Å². The van der Waals surface area contributed by atoms with Crippen LogP contribution in [0.4, 0.5) is 5.69 Å². The van der Waals surface area contributed by atoms with E-state index >= 15 is 0 Å². The molecule has 0 unspecified atom stereocenters. The van der Waals surface area contributed by atoms with Gasteiger partial charge in [-0.25, -0.2) is 4.98 Å². The number of pyridine rings is 1. The molecule has 3 aliphatic rings. The van der Waals surface area contributed by atoms with E-state index in [2.05, 4.69) is 34.0 Å². The summed E-state index contributed by atoms with van der Waals surface area (Å²) in [6, 6.07) is 6.65. The standard InChI is InChI=1S/C25H27Cl2IN4O2/c1-23(2)7-9-24(10-8-23)25(15-5-4-13(26)12-16(15)31-22(25)34)17(19(32-24)21(29)33)14-6-11-30-20(27)18(14)28-3/h4-6,11-12,17,19,32H,3,7-10H2,1-2H3,(H2,29,33)(H,31,34)/t17-,19+,25+/m0/s1. The van der Waals surface area contributed by atoms with Gasteiger partial charge < -0.3 is 11.1 Å². The molecule has 1 saturated heterocycles.